The molecular formula is C13H28ClN3O3S. The Labute approximate surface area is 134 Å². The first-order valence-corrected chi connectivity index (χ1v) is 9.21. The van der Waals surface area contributed by atoms with Crippen LogP contribution in [0.4, 0.5) is 0 Å². The number of nitrogens with two attached hydrogens (primary N) is 1. The summed E-state index contributed by atoms with van der Waals surface area (Å²) in [5, 5.41) is 2.81. The van der Waals surface area contributed by atoms with E-state index in [9.17, 15) is 13.2 Å². The summed E-state index contributed by atoms with van der Waals surface area (Å²) in [5.41, 5.74) is 5.37. The van der Waals surface area contributed by atoms with E-state index in [1.54, 1.807) is 0 Å². The van der Waals surface area contributed by atoms with Gasteiger partial charge in [-0.25, -0.2) is 8.42 Å². The van der Waals surface area contributed by atoms with Crippen LogP contribution in [-0.2, 0) is 14.6 Å². The Bertz CT molecular complexity index is 403. The predicted molar refractivity (Wildman–Crippen MR) is 87.4 cm³/mol. The van der Waals surface area contributed by atoms with Crippen LogP contribution < -0.4 is 11.1 Å². The van der Waals surface area contributed by atoms with Crippen molar-refractivity contribution in [3.05, 3.63) is 0 Å². The number of carbonyl (C=O) groups excluding carboxylic acids is 1. The van der Waals surface area contributed by atoms with Gasteiger partial charge in [0.15, 0.2) is 9.84 Å². The van der Waals surface area contributed by atoms with Gasteiger partial charge >= 0.3 is 0 Å². The normalized spacial score (nSPS) is 19.8. The minimum Gasteiger partial charge on any atom is -0.355 e. The Morgan fingerprint density at radius 3 is 2.71 bits per heavy atom. The van der Waals surface area contributed by atoms with E-state index in [1.165, 1.54) is 0 Å². The van der Waals surface area contributed by atoms with Gasteiger partial charge in [-0.2, -0.15) is 0 Å². The number of halogens is 1. The van der Waals surface area contributed by atoms with E-state index in [0.29, 0.717) is 32.6 Å². The van der Waals surface area contributed by atoms with Crippen LogP contribution in [-0.4, -0.2) is 63.5 Å². The number of hydrogen-bond donors (Lipinski definition) is 2. The zero-order chi connectivity index (χ0) is 15.0. The van der Waals surface area contributed by atoms with Gasteiger partial charge in [0.1, 0.15) is 0 Å². The largest absolute Gasteiger partial charge is 0.355 e. The minimum absolute atomic E-state index is 0. The van der Waals surface area contributed by atoms with Crippen LogP contribution in [0.15, 0.2) is 0 Å². The Morgan fingerprint density at radius 1 is 1.38 bits per heavy atom. The van der Waals surface area contributed by atoms with E-state index in [1.807, 2.05) is 6.92 Å². The van der Waals surface area contributed by atoms with Gasteiger partial charge in [-0.1, -0.05) is 6.92 Å². The van der Waals surface area contributed by atoms with Crippen molar-refractivity contribution in [3.63, 3.8) is 0 Å². The highest BCUT2D eigenvalue weighted by atomic mass is 35.5. The molecule has 1 saturated heterocycles. The number of hydrogen-bond acceptors (Lipinski definition) is 5. The van der Waals surface area contributed by atoms with Crippen LogP contribution in [0.3, 0.4) is 0 Å². The summed E-state index contributed by atoms with van der Waals surface area (Å²) in [6.07, 6.45) is 2.47. The molecule has 0 aromatic heterocycles. The van der Waals surface area contributed by atoms with E-state index in [2.05, 4.69) is 10.2 Å². The van der Waals surface area contributed by atoms with Crippen LogP contribution in [0.1, 0.15) is 26.2 Å². The minimum atomic E-state index is -2.94. The number of amides is 1. The fourth-order valence-corrected chi connectivity index (χ4v) is 3.86. The summed E-state index contributed by atoms with van der Waals surface area (Å²) in [4.78, 5) is 14.0. The predicted octanol–water partition coefficient (Wildman–Crippen LogP) is 0.0199. The molecule has 0 aromatic carbocycles. The maximum Gasteiger partial charge on any atom is 0.224 e. The van der Waals surface area contributed by atoms with Crippen LogP contribution in [0.5, 0.6) is 0 Å². The fourth-order valence-electron chi connectivity index (χ4n) is 2.49. The van der Waals surface area contributed by atoms with E-state index >= 15 is 0 Å². The molecule has 126 valence electrons. The molecule has 21 heavy (non-hydrogen) atoms. The van der Waals surface area contributed by atoms with Crippen LogP contribution >= 0.6 is 12.4 Å². The second kappa shape index (κ2) is 10.4. The summed E-state index contributed by atoms with van der Waals surface area (Å²) < 4.78 is 23.4. The van der Waals surface area contributed by atoms with E-state index < -0.39 is 9.84 Å². The van der Waals surface area contributed by atoms with Crippen molar-refractivity contribution in [2.45, 2.75) is 26.2 Å². The number of sulfone groups is 1. The second-order valence-corrected chi connectivity index (χ2v) is 7.67. The van der Waals surface area contributed by atoms with Crippen molar-refractivity contribution >= 4 is 28.2 Å². The molecule has 1 aliphatic heterocycles. The van der Waals surface area contributed by atoms with Gasteiger partial charge in [-0.15, -0.1) is 12.4 Å². The number of nitrogens with one attached hydrogen (secondary N) is 1. The highest BCUT2D eigenvalue weighted by Crippen LogP contribution is 2.16. The molecule has 1 aliphatic rings. The van der Waals surface area contributed by atoms with Crippen molar-refractivity contribution in [3.8, 4) is 0 Å². The number of likely N-dealkylation sites (tertiary alicyclic amines) is 1. The molecule has 6 nitrogen and oxygen atoms in total. The van der Waals surface area contributed by atoms with Crippen molar-refractivity contribution in [2.75, 3.05) is 44.2 Å². The monoisotopic (exact) mass is 341 g/mol. The van der Waals surface area contributed by atoms with Gasteiger partial charge in [0.25, 0.3) is 0 Å². The standard InChI is InChI=1S/C13H27N3O3S.ClH/c1-2-9-20(18,19)10-8-16-7-3-4-12(11-16)13(17)15-6-5-14;/h12H,2-11,14H2,1H3,(H,15,17);1H. The zero-order valence-corrected chi connectivity index (χ0v) is 14.3. The lowest BCUT2D eigenvalue weighted by atomic mass is 9.97. The Hall–Kier alpha value is -0.370. The van der Waals surface area contributed by atoms with Crippen LogP contribution in [0.2, 0.25) is 0 Å². The summed E-state index contributed by atoms with van der Waals surface area (Å²) in [5.74, 6) is 0.444. The average molecular weight is 342 g/mol. The quantitative estimate of drug-likeness (QED) is 0.649. The lowest BCUT2D eigenvalue weighted by Gasteiger charge is -2.31. The molecule has 0 aliphatic carbocycles. The molecule has 0 radical (unpaired) electrons. The third-order valence-corrected chi connectivity index (χ3v) is 5.39. The maximum atomic E-state index is 11.9. The Morgan fingerprint density at radius 2 is 2.10 bits per heavy atom. The first-order valence-electron chi connectivity index (χ1n) is 7.39. The molecular weight excluding hydrogens is 314 g/mol. The summed E-state index contributed by atoms with van der Waals surface area (Å²) >= 11 is 0. The van der Waals surface area contributed by atoms with Crippen molar-refractivity contribution < 1.29 is 13.2 Å². The molecule has 3 N–H and O–H groups in total. The highest BCUT2D eigenvalue weighted by Gasteiger charge is 2.26. The number of carbonyl (C=O) groups is 1. The Kier molecular flexibility index (Phi) is 10.2. The van der Waals surface area contributed by atoms with Gasteiger partial charge in [0.2, 0.25) is 5.91 Å². The van der Waals surface area contributed by atoms with Gasteiger partial charge in [0.05, 0.1) is 11.7 Å². The van der Waals surface area contributed by atoms with Gasteiger partial charge in [-0.3, -0.25) is 4.79 Å². The summed E-state index contributed by atoms with van der Waals surface area (Å²) in [6.45, 7) is 4.87. The van der Waals surface area contributed by atoms with E-state index in [0.717, 1.165) is 19.4 Å². The molecule has 0 bridgehead atoms. The third kappa shape index (κ3) is 7.99. The summed E-state index contributed by atoms with van der Waals surface area (Å²) in [7, 11) is -2.94. The molecule has 1 unspecified atom stereocenters. The van der Waals surface area contributed by atoms with Gasteiger partial charge in [0, 0.05) is 31.9 Å². The first kappa shape index (κ1) is 20.6. The summed E-state index contributed by atoms with van der Waals surface area (Å²) in [6, 6.07) is 0. The van der Waals surface area contributed by atoms with E-state index in [-0.39, 0.29) is 35.7 Å². The first-order chi connectivity index (χ1) is 9.48. The van der Waals surface area contributed by atoms with Gasteiger partial charge in [-0.05, 0) is 25.8 Å². The molecule has 0 spiro atoms. The third-order valence-electron chi connectivity index (χ3n) is 3.55. The molecule has 1 fully saturated rings. The van der Waals surface area contributed by atoms with Crippen molar-refractivity contribution in [2.24, 2.45) is 11.7 Å². The highest BCUT2D eigenvalue weighted by molar-refractivity contribution is 7.91. The number of nitrogens with zero attached hydrogens (tertiary/aromatic N) is 1. The number of rotatable bonds is 8. The topological polar surface area (TPSA) is 92.5 Å². The molecule has 1 heterocycles. The average Bonchev–Trinajstić information content (AvgIpc) is 2.43. The molecule has 1 amide bonds. The van der Waals surface area contributed by atoms with Gasteiger partial charge < -0.3 is 16.0 Å². The lowest BCUT2D eigenvalue weighted by Crippen LogP contribution is -2.45. The molecule has 8 heteroatoms. The van der Waals surface area contributed by atoms with Crippen molar-refractivity contribution in [1.82, 2.24) is 10.2 Å². The SMILES string of the molecule is CCCS(=O)(=O)CCN1CCCC(C(=O)NCCN)C1.Cl. The van der Waals surface area contributed by atoms with E-state index in [4.69, 9.17) is 5.73 Å². The van der Waals surface area contributed by atoms with Crippen molar-refractivity contribution in [1.29, 1.82) is 0 Å². The number of piperidine rings is 1. The molecule has 0 aromatic rings. The Balaban J connectivity index is 0.00000400. The molecule has 0 saturated carbocycles. The smallest absolute Gasteiger partial charge is 0.224 e. The van der Waals surface area contributed by atoms with Crippen LogP contribution in [0.25, 0.3) is 0 Å². The second-order valence-electron chi connectivity index (χ2n) is 5.37. The maximum absolute atomic E-state index is 11.9. The fraction of sp³-hybridized carbons (Fsp3) is 0.923. The van der Waals surface area contributed by atoms with Crippen LogP contribution in [0, 0.1) is 5.92 Å². The molecule has 1 atom stereocenters. The molecule has 1 rings (SSSR count). The zero-order valence-electron chi connectivity index (χ0n) is 12.7. The lowest BCUT2D eigenvalue weighted by molar-refractivity contribution is -0.126.